The number of carbonyl (C=O) groups is 1. The van der Waals surface area contributed by atoms with E-state index in [-0.39, 0.29) is 5.78 Å². The van der Waals surface area contributed by atoms with Gasteiger partial charge in [0.15, 0.2) is 10.9 Å². The lowest BCUT2D eigenvalue weighted by molar-refractivity contribution is 0.101. The molecule has 150 valence electrons. The third-order valence-electron chi connectivity index (χ3n) is 4.19. The van der Waals surface area contributed by atoms with Gasteiger partial charge in [0.05, 0.1) is 18.4 Å². The minimum absolute atomic E-state index is 0.0835. The first-order chi connectivity index (χ1) is 14.6. The summed E-state index contributed by atoms with van der Waals surface area (Å²) in [6.45, 7) is 1.52. The molecule has 2 aromatic heterocycles. The van der Waals surface area contributed by atoms with Crippen LogP contribution in [-0.2, 0) is 0 Å². The number of nitrogens with one attached hydrogen (secondary N) is 1. The van der Waals surface area contributed by atoms with Gasteiger partial charge in [0.2, 0.25) is 0 Å². The molecule has 0 radical (unpaired) electrons. The number of rotatable bonds is 7. The average molecular weight is 418 g/mol. The van der Waals surface area contributed by atoms with Crippen molar-refractivity contribution in [2.24, 2.45) is 0 Å². The molecular formula is C22H18N4O3S. The zero-order chi connectivity index (χ0) is 20.9. The smallest absolute Gasteiger partial charge is 0.316 e. The van der Waals surface area contributed by atoms with Crippen molar-refractivity contribution in [1.82, 2.24) is 15.0 Å². The Labute approximate surface area is 177 Å². The van der Waals surface area contributed by atoms with Gasteiger partial charge in [0.25, 0.3) is 0 Å². The lowest BCUT2D eigenvalue weighted by atomic mass is 10.1. The van der Waals surface area contributed by atoms with Crippen molar-refractivity contribution in [2.75, 3.05) is 12.4 Å². The van der Waals surface area contributed by atoms with E-state index in [1.54, 1.807) is 24.5 Å². The third-order valence-corrected chi connectivity index (χ3v) is 4.95. The molecule has 0 atom stereocenters. The van der Waals surface area contributed by atoms with Crippen LogP contribution in [0.1, 0.15) is 17.3 Å². The normalized spacial score (nSPS) is 10.5. The van der Waals surface area contributed by atoms with Crippen LogP contribution >= 0.6 is 11.3 Å². The first kappa shape index (κ1) is 19.5. The van der Waals surface area contributed by atoms with Crippen LogP contribution in [0.15, 0.2) is 66.3 Å². The monoisotopic (exact) mass is 418 g/mol. The van der Waals surface area contributed by atoms with E-state index in [1.165, 1.54) is 25.4 Å². The number of para-hydroxylation sites is 1. The second-order valence-corrected chi connectivity index (χ2v) is 7.16. The van der Waals surface area contributed by atoms with Gasteiger partial charge >= 0.3 is 6.01 Å². The van der Waals surface area contributed by atoms with Gasteiger partial charge in [-0.3, -0.25) is 4.79 Å². The number of benzene rings is 2. The van der Waals surface area contributed by atoms with E-state index in [4.69, 9.17) is 9.47 Å². The summed E-state index contributed by atoms with van der Waals surface area (Å²) in [7, 11) is 1.52. The third kappa shape index (κ3) is 4.44. The summed E-state index contributed by atoms with van der Waals surface area (Å²) >= 11 is 1.45. The number of nitrogens with zero attached hydrogens (tertiary/aromatic N) is 3. The SMILES string of the molecule is COc1ncc(-c2csc(Nc3ccc(Oc4ccccc4)c(C(C)=O)c3)n2)cn1. The standard InChI is InChI=1S/C22H18N4O3S/c1-14(27)18-10-16(8-9-20(18)29-17-6-4-3-5-7-17)25-22-26-19(13-30-22)15-11-23-21(28-2)24-12-15/h3-13H,1-2H3,(H,25,26). The van der Waals surface area contributed by atoms with Gasteiger partial charge in [-0.15, -0.1) is 11.3 Å². The molecule has 0 saturated carbocycles. The molecular weight excluding hydrogens is 400 g/mol. The second-order valence-electron chi connectivity index (χ2n) is 6.30. The van der Waals surface area contributed by atoms with E-state index in [0.29, 0.717) is 28.2 Å². The van der Waals surface area contributed by atoms with Crippen LogP contribution in [0.2, 0.25) is 0 Å². The summed E-state index contributed by atoms with van der Waals surface area (Å²) in [4.78, 5) is 24.9. The Bertz CT molecular complexity index is 1160. The highest BCUT2D eigenvalue weighted by Crippen LogP contribution is 2.31. The fourth-order valence-corrected chi connectivity index (χ4v) is 3.47. The number of Topliss-reactive ketones (excluding diaryl/α,β-unsaturated/α-hetero) is 1. The quantitative estimate of drug-likeness (QED) is 0.405. The summed E-state index contributed by atoms with van der Waals surface area (Å²) in [6, 6.07) is 15.1. The lowest BCUT2D eigenvalue weighted by Gasteiger charge is -2.11. The number of anilines is 2. The van der Waals surface area contributed by atoms with E-state index in [2.05, 4.69) is 20.3 Å². The average Bonchev–Trinajstić information content (AvgIpc) is 3.24. The molecule has 7 nitrogen and oxygen atoms in total. The van der Waals surface area contributed by atoms with Crippen molar-refractivity contribution in [1.29, 1.82) is 0 Å². The van der Waals surface area contributed by atoms with Crippen molar-refractivity contribution < 1.29 is 14.3 Å². The molecule has 8 heteroatoms. The summed E-state index contributed by atoms with van der Waals surface area (Å²) in [5.74, 6) is 1.10. The van der Waals surface area contributed by atoms with Gasteiger partial charge in [-0.05, 0) is 37.3 Å². The van der Waals surface area contributed by atoms with Crippen molar-refractivity contribution in [3.63, 3.8) is 0 Å². The van der Waals surface area contributed by atoms with Gasteiger partial charge in [-0.1, -0.05) is 18.2 Å². The summed E-state index contributed by atoms with van der Waals surface area (Å²) in [6.07, 6.45) is 3.32. The van der Waals surface area contributed by atoms with Crippen LogP contribution in [0.5, 0.6) is 17.5 Å². The van der Waals surface area contributed by atoms with E-state index >= 15 is 0 Å². The van der Waals surface area contributed by atoms with E-state index in [1.807, 2.05) is 41.8 Å². The highest BCUT2D eigenvalue weighted by Gasteiger charge is 2.12. The number of hydrogen-bond donors (Lipinski definition) is 1. The van der Waals surface area contributed by atoms with Crippen LogP contribution in [-0.4, -0.2) is 27.8 Å². The van der Waals surface area contributed by atoms with Crippen molar-refractivity contribution in [3.8, 4) is 28.8 Å². The highest BCUT2D eigenvalue weighted by molar-refractivity contribution is 7.14. The number of carbonyl (C=O) groups excluding carboxylic acids is 1. The first-order valence-corrected chi connectivity index (χ1v) is 9.97. The predicted octanol–water partition coefficient (Wildman–Crippen LogP) is 5.35. The molecule has 4 aromatic rings. The minimum Gasteiger partial charge on any atom is -0.467 e. The largest absolute Gasteiger partial charge is 0.467 e. The Balaban J connectivity index is 1.54. The molecule has 30 heavy (non-hydrogen) atoms. The maximum absolute atomic E-state index is 12.2. The van der Waals surface area contributed by atoms with Crippen LogP contribution in [0, 0.1) is 0 Å². The van der Waals surface area contributed by atoms with Crippen molar-refractivity contribution >= 4 is 27.9 Å². The number of aromatic nitrogens is 3. The summed E-state index contributed by atoms with van der Waals surface area (Å²) in [5, 5.41) is 5.83. The molecule has 0 spiro atoms. The van der Waals surface area contributed by atoms with Gasteiger partial charge in [0.1, 0.15) is 11.5 Å². The molecule has 0 aliphatic rings. The number of ether oxygens (including phenoxy) is 2. The molecule has 0 bridgehead atoms. The zero-order valence-electron chi connectivity index (χ0n) is 16.3. The topological polar surface area (TPSA) is 86.2 Å². The zero-order valence-corrected chi connectivity index (χ0v) is 17.1. The number of hydrogen-bond acceptors (Lipinski definition) is 8. The molecule has 1 N–H and O–H groups in total. The van der Waals surface area contributed by atoms with Crippen molar-refractivity contribution in [2.45, 2.75) is 6.92 Å². The summed E-state index contributed by atoms with van der Waals surface area (Å²) in [5.41, 5.74) is 2.77. The van der Waals surface area contributed by atoms with E-state index in [0.717, 1.165) is 16.9 Å². The molecule has 2 heterocycles. The Hall–Kier alpha value is -3.78. The fourth-order valence-electron chi connectivity index (χ4n) is 2.73. The molecule has 0 saturated heterocycles. The fraction of sp³-hybridized carbons (Fsp3) is 0.0909. The van der Waals surface area contributed by atoms with Crippen LogP contribution in [0.4, 0.5) is 10.8 Å². The first-order valence-electron chi connectivity index (χ1n) is 9.09. The van der Waals surface area contributed by atoms with Crippen molar-refractivity contribution in [3.05, 3.63) is 71.9 Å². The second kappa shape index (κ2) is 8.71. The molecule has 0 unspecified atom stereocenters. The van der Waals surface area contributed by atoms with E-state index < -0.39 is 0 Å². The number of methoxy groups -OCH3 is 1. The van der Waals surface area contributed by atoms with Gasteiger partial charge in [-0.25, -0.2) is 15.0 Å². The summed E-state index contributed by atoms with van der Waals surface area (Å²) < 4.78 is 10.8. The lowest BCUT2D eigenvalue weighted by Crippen LogP contribution is -1.99. The molecule has 2 aromatic carbocycles. The maximum Gasteiger partial charge on any atom is 0.316 e. The Morgan fingerprint density at radius 2 is 1.83 bits per heavy atom. The maximum atomic E-state index is 12.2. The molecule has 4 rings (SSSR count). The van der Waals surface area contributed by atoms with E-state index in [9.17, 15) is 4.79 Å². The number of thiazole rings is 1. The van der Waals surface area contributed by atoms with Crippen LogP contribution < -0.4 is 14.8 Å². The molecule has 0 amide bonds. The van der Waals surface area contributed by atoms with Gasteiger partial charge in [-0.2, -0.15) is 0 Å². The Kier molecular flexibility index (Phi) is 5.67. The van der Waals surface area contributed by atoms with Crippen LogP contribution in [0.3, 0.4) is 0 Å². The molecule has 0 fully saturated rings. The highest BCUT2D eigenvalue weighted by atomic mass is 32.1. The van der Waals surface area contributed by atoms with Gasteiger partial charge in [0, 0.05) is 29.0 Å². The van der Waals surface area contributed by atoms with Gasteiger partial charge < -0.3 is 14.8 Å². The molecule has 0 aliphatic carbocycles. The Morgan fingerprint density at radius 3 is 2.53 bits per heavy atom. The predicted molar refractivity (Wildman–Crippen MR) is 116 cm³/mol. The minimum atomic E-state index is -0.0835. The Morgan fingerprint density at radius 1 is 1.07 bits per heavy atom. The molecule has 0 aliphatic heterocycles. The number of ketones is 1. The van der Waals surface area contributed by atoms with Crippen LogP contribution in [0.25, 0.3) is 11.3 Å².